The molecule has 1 atom stereocenters. The number of amides is 2. The first-order valence-electron chi connectivity index (χ1n) is 11.1. The van der Waals surface area contributed by atoms with Crippen LogP contribution in [0.1, 0.15) is 35.3 Å². The van der Waals surface area contributed by atoms with Gasteiger partial charge in [0, 0.05) is 18.9 Å². The van der Waals surface area contributed by atoms with Crippen LogP contribution in [0.15, 0.2) is 84.2 Å². The molecular formula is C27H21F3N4O3. The van der Waals surface area contributed by atoms with Crippen molar-refractivity contribution in [2.24, 2.45) is 0 Å². The molecule has 188 valence electrons. The van der Waals surface area contributed by atoms with E-state index in [1.807, 2.05) is 6.07 Å². The molecule has 1 aromatic heterocycles. The zero-order chi connectivity index (χ0) is 26.7. The highest BCUT2D eigenvalue weighted by Crippen LogP contribution is 2.40. The van der Waals surface area contributed by atoms with E-state index in [1.54, 1.807) is 48.7 Å². The molecule has 1 aliphatic heterocycles. The van der Waals surface area contributed by atoms with Gasteiger partial charge in [-0.25, -0.2) is 9.59 Å². The molecule has 0 radical (unpaired) electrons. The largest absolute Gasteiger partial charge is 0.456 e. The molecule has 0 saturated carbocycles. The molecule has 2 heterocycles. The number of aromatic nitrogens is 1. The van der Waals surface area contributed by atoms with Crippen molar-refractivity contribution in [1.29, 1.82) is 5.26 Å². The summed E-state index contributed by atoms with van der Waals surface area (Å²) in [7, 11) is 1.45. The van der Waals surface area contributed by atoms with Crippen LogP contribution in [0.3, 0.4) is 0 Å². The Balaban J connectivity index is 1.82. The molecule has 10 heteroatoms. The van der Waals surface area contributed by atoms with Gasteiger partial charge in [0.25, 0.3) is 0 Å². The number of alkyl halides is 3. The summed E-state index contributed by atoms with van der Waals surface area (Å²) < 4.78 is 45.7. The lowest BCUT2D eigenvalue weighted by molar-refractivity contribution is -0.141. The monoisotopic (exact) mass is 506 g/mol. The first-order valence-corrected chi connectivity index (χ1v) is 11.1. The minimum absolute atomic E-state index is 0.0440. The van der Waals surface area contributed by atoms with Gasteiger partial charge in [-0.2, -0.15) is 18.4 Å². The third-order valence-corrected chi connectivity index (χ3v) is 5.96. The molecule has 4 rings (SSSR count). The van der Waals surface area contributed by atoms with Crippen molar-refractivity contribution < 1.29 is 27.5 Å². The summed E-state index contributed by atoms with van der Waals surface area (Å²) in [6, 6.07) is 16.3. The SMILES string of the molecule is CC1=C(C(=O)OCc2ccccn2)C(c2ccc(C#N)cc2)N(C)C(=O)N1c1cccc(C(F)(F)F)c1. The van der Waals surface area contributed by atoms with Crippen molar-refractivity contribution in [3.05, 3.63) is 107 Å². The van der Waals surface area contributed by atoms with E-state index in [9.17, 15) is 22.8 Å². The number of pyridine rings is 1. The maximum absolute atomic E-state index is 13.5. The fourth-order valence-electron chi connectivity index (χ4n) is 4.14. The van der Waals surface area contributed by atoms with Crippen LogP contribution in [0.2, 0.25) is 0 Å². The first-order chi connectivity index (χ1) is 17.6. The molecule has 37 heavy (non-hydrogen) atoms. The second-order valence-corrected chi connectivity index (χ2v) is 8.31. The van der Waals surface area contributed by atoms with Gasteiger partial charge in [0.15, 0.2) is 0 Å². The number of anilines is 1. The summed E-state index contributed by atoms with van der Waals surface area (Å²) in [6.07, 6.45) is -3.07. The molecule has 0 fully saturated rings. The number of nitrogens with zero attached hydrogens (tertiary/aromatic N) is 4. The zero-order valence-corrected chi connectivity index (χ0v) is 19.9. The van der Waals surface area contributed by atoms with E-state index in [0.29, 0.717) is 16.8 Å². The highest BCUT2D eigenvalue weighted by molar-refractivity contribution is 6.03. The average Bonchev–Trinajstić information content (AvgIpc) is 2.89. The van der Waals surface area contributed by atoms with Crippen molar-refractivity contribution in [3.8, 4) is 6.07 Å². The van der Waals surface area contributed by atoms with E-state index < -0.39 is 29.8 Å². The van der Waals surface area contributed by atoms with E-state index in [2.05, 4.69) is 4.98 Å². The third-order valence-electron chi connectivity index (χ3n) is 5.96. The minimum Gasteiger partial charge on any atom is -0.456 e. The van der Waals surface area contributed by atoms with Gasteiger partial charge < -0.3 is 9.64 Å². The summed E-state index contributed by atoms with van der Waals surface area (Å²) in [6.45, 7) is 1.34. The van der Waals surface area contributed by atoms with Gasteiger partial charge in [-0.1, -0.05) is 24.3 Å². The maximum Gasteiger partial charge on any atom is 0.416 e. The number of benzene rings is 2. The Hall–Kier alpha value is -4.65. The Labute approximate surface area is 211 Å². The quantitative estimate of drug-likeness (QED) is 0.421. The predicted molar refractivity (Wildman–Crippen MR) is 128 cm³/mol. The predicted octanol–water partition coefficient (Wildman–Crippen LogP) is 5.60. The van der Waals surface area contributed by atoms with Crippen LogP contribution in [-0.2, 0) is 22.3 Å². The summed E-state index contributed by atoms with van der Waals surface area (Å²) in [5.74, 6) is -0.756. The molecule has 1 unspecified atom stereocenters. The second-order valence-electron chi connectivity index (χ2n) is 8.31. The van der Waals surface area contributed by atoms with Crippen molar-refractivity contribution in [2.45, 2.75) is 25.7 Å². The Morgan fingerprint density at radius 1 is 1.11 bits per heavy atom. The summed E-state index contributed by atoms with van der Waals surface area (Å²) in [5, 5.41) is 9.14. The number of rotatable bonds is 5. The Morgan fingerprint density at radius 2 is 1.84 bits per heavy atom. The van der Waals surface area contributed by atoms with Gasteiger partial charge in [0.1, 0.15) is 6.61 Å². The highest BCUT2D eigenvalue weighted by atomic mass is 19.4. The van der Waals surface area contributed by atoms with E-state index in [-0.39, 0.29) is 23.6 Å². The number of ether oxygens (including phenoxy) is 1. The molecule has 2 amide bonds. The normalized spacial score (nSPS) is 16.0. The van der Waals surface area contributed by atoms with Crippen molar-refractivity contribution in [2.75, 3.05) is 11.9 Å². The number of hydrogen-bond donors (Lipinski definition) is 0. The Morgan fingerprint density at radius 3 is 2.46 bits per heavy atom. The van der Waals surface area contributed by atoms with Crippen molar-refractivity contribution in [1.82, 2.24) is 9.88 Å². The lowest BCUT2D eigenvalue weighted by Gasteiger charge is -2.41. The molecule has 0 N–H and O–H groups in total. The number of esters is 1. The van der Waals surface area contributed by atoms with Crippen LogP contribution < -0.4 is 4.90 Å². The molecule has 3 aromatic rings. The zero-order valence-electron chi connectivity index (χ0n) is 19.9. The van der Waals surface area contributed by atoms with Gasteiger partial charge in [0.2, 0.25) is 0 Å². The summed E-state index contributed by atoms with van der Waals surface area (Å²) >= 11 is 0. The fourth-order valence-corrected chi connectivity index (χ4v) is 4.14. The van der Waals surface area contributed by atoms with Crippen LogP contribution in [-0.4, -0.2) is 28.9 Å². The van der Waals surface area contributed by atoms with Gasteiger partial charge in [-0.05, 0) is 55.0 Å². The lowest BCUT2D eigenvalue weighted by Crippen LogP contribution is -2.49. The number of halogens is 3. The molecule has 0 bridgehead atoms. The summed E-state index contributed by atoms with van der Waals surface area (Å²) in [4.78, 5) is 33.4. The van der Waals surface area contributed by atoms with E-state index in [1.165, 1.54) is 31.0 Å². The second kappa shape index (κ2) is 10.1. The van der Waals surface area contributed by atoms with Crippen molar-refractivity contribution in [3.63, 3.8) is 0 Å². The van der Waals surface area contributed by atoms with E-state index >= 15 is 0 Å². The number of nitriles is 1. The first kappa shape index (κ1) is 25.4. The number of carbonyl (C=O) groups excluding carboxylic acids is 2. The standard InChI is InChI=1S/C27H21F3N4O3/c1-17-23(25(35)37-16-21-7-3-4-13-32-21)24(19-11-9-18(15-31)10-12-19)33(2)26(36)34(17)22-8-5-6-20(14-22)27(28,29)30/h3-14,24H,16H2,1-2H3. The summed E-state index contributed by atoms with van der Waals surface area (Å²) in [5.41, 5.74) is 0.642. The number of carbonyl (C=O) groups is 2. The number of allylic oxidation sites excluding steroid dienone is 1. The third kappa shape index (κ3) is 5.16. The van der Waals surface area contributed by atoms with Crippen LogP contribution in [0.5, 0.6) is 0 Å². The molecule has 1 aliphatic rings. The maximum atomic E-state index is 13.5. The highest BCUT2D eigenvalue weighted by Gasteiger charge is 2.42. The minimum atomic E-state index is -4.62. The molecule has 2 aromatic carbocycles. The van der Waals surface area contributed by atoms with E-state index in [0.717, 1.165) is 17.0 Å². The smallest absolute Gasteiger partial charge is 0.416 e. The number of hydrogen-bond acceptors (Lipinski definition) is 5. The van der Waals surface area contributed by atoms with Crippen LogP contribution >= 0.6 is 0 Å². The van der Waals surface area contributed by atoms with E-state index in [4.69, 9.17) is 10.00 Å². The van der Waals surface area contributed by atoms with Gasteiger partial charge in [-0.3, -0.25) is 9.88 Å². The molecular weight excluding hydrogens is 485 g/mol. The van der Waals surface area contributed by atoms with Crippen LogP contribution in [0.4, 0.5) is 23.7 Å². The van der Waals surface area contributed by atoms with Gasteiger partial charge in [-0.15, -0.1) is 0 Å². The van der Waals surface area contributed by atoms with Gasteiger partial charge >= 0.3 is 18.2 Å². The fraction of sp³-hybridized carbons (Fsp3) is 0.185. The topological polar surface area (TPSA) is 86.5 Å². The molecule has 0 spiro atoms. The van der Waals surface area contributed by atoms with Gasteiger partial charge in [0.05, 0.1) is 40.2 Å². The lowest BCUT2D eigenvalue weighted by atomic mass is 9.92. The van der Waals surface area contributed by atoms with Crippen LogP contribution in [0, 0.1) is 11.3 Å². The molecule has 0 aliphatic carbocycles. The Kier molecular flexibility index (Phi) is 6.98. The number of likely N-dealkylation sites (N-methyl/N-ethyl adjacent to an activating group) is 1. The molecule has 0 saturated heterocycles. The molecule has 7 nitrogen and oxygen atoms in total. The Bertz CT molecular complexity index is 1400. The van der Waals surface area contributed by atoms with Crippen LogP contribution in [0.25, 0.3) is 0 Å². The average molecular weight is 506 g/mol. The number of urea groups is 1. The van der Waals surface area contributed by atoms with Crippen molar-refractivity contribution >= 4 is 17.7 Å².